The van der Waals surface area contributed by atoms with Gasteiger partial charge in [0.1, 0.15) is 0 Å². The van der Waals surface area contributed by atoms with Crippen LogP contribution in [0.3, 0.4) is 0 Å². The Morgan fingerprint density at radius 2 is 1.86 bits per heavy atom. The van der Waals surface area contributed by atoms with Crippen molar-refractivity contribution in [3.63, 3.8) is 0 Å². The number of aryl methyl sites for hydroxylation is 1. The Bertz CT molecular complexity index is 507. The van der Waals surface area contributed by atoms with Gasteiger partial charge < -0.3 is 10.1 Å². The minimum atomic E-state index is -0.813. The van der Waals surface area contributed by atoms with Crippen LogP contribution < -0.4 is 5.32 Å². The van der Waals surface area contributed by atoms with Crippen LogP contribution in [0.2, 0.25) is 0 Å². The number of nitrogens with zero attached hydrogens (tertiary/aromatic N) is 1. The quantitative estimate of drug-likeness (QED) is 0.666. The molecule has 1 unspecified atom stereocenters. The summed E-state index contributed by atoms with van der Waals surface area (Å²) in [5.41, 5.74) is 2.37. The molecule has 1 N–H and O–H groups in total. The average molecular weight is 304 g/mol. The number of carbonyl (C=O) groups excluding carboxylic acids is 2. The van der Waals surface area contributed by atoms with E-state index in [0.717, 1.165) is 18.7 Å². The van der Waals surface area contributed by atoms with Crippen LogP contribution in [-0.4, -0.2) is 43.0 Å². The van der Waals surface area contributed by atoms with Gasteiger partial charge in [-0.1, -0.05) is 29.8 Å². The summed E-state index contributed by atoms with van der Waals surface area (Å²) in [6.07, 6.45) is 2.35. The van der Waals surface area contributed by atoms with Crippen molar-refractivity contribution in [1.82, 2.24) is 10.2 Å². The lowest BCUT2D eigenvalue weighted by Gasteiger charge is -2.28. The molecule has 1 aromatic rings. The first-order chi connectivity index (χ1) is 10.6. The van der Waals surface area contributed by atoms with Crippen molar-refractivity contribution in [2.24, 2.45) is 0 Å². The molecule has 1 amide bonds. The standard InChI is InChI=1S/C17H24N2O3/c1-3-22-17(21)16(20)18-12-15(19-10-4-5-11-19)14-8-6-13(2)7-9-14/h6-9,15H,3-5,10-12H2,1-2H3,(H,18,20). The number of nitrogens with one attached hydrogen (secondary N) is 1. The zero-order chi connectivity index (χ0) is 15.9. The molecule has 0 spiro atoms. The lowest BCUT2D eigenvalue weighted by atomic mass is 10.0. The number of rotatable bonds is 5. The number of likely N-dealkylation sites (tertiary alicyclic amines) is 1. The molecule has 1 heterocycles. The number of hydrogen-bond donors (Lipinski definition) is 1. The van der Waals surface area contributed by atoms with Crippen molar-refractivity contribution in [1.29, 1.82) is 0 Å². The lowest BCUT2D eigenvalue weighted by molar-refractivity contribution is -0.154. The molecule has 0 bridgehead atoms. The Hall–Kier alpha value is -1.88. The molecule has 120 valence electrons. The molecule has 1 aliphatic heterocycles. The van der Waals surface area contributed by atoms with Gasteiger partial charge in [-0.3, -0.25) is 9.69 Å². The number of esters is 1. The van der Waals surface area contributed by atoms with Gasteiger partial charge in [-0.05, 0) is 45.3 Å². The predicted octanol–water partition coefficient (Wildman–Crippen LogP) is 1.81. The third-order valence-electron chi connectivity index (χ3n) is 3.96. The van der Waals surface area contributed by atoms with Crippen LogP contribution in [0.15, 0.2) is 24.3 Å². The van der Waals surface area contributed by atoms with E-state index in [1.165, 1.54) is 18.4 Å². The van der Waals surface area contributed by atoms with Gasteiger partial charge >= 0.3 is 11.9 Å². The van der Waals surface area contributed by atoms with E-state index in [1.54, 1.807) is 6.92 Å². The lowest BCUT2D eigenvalue weighted by Crippen LogP contribution is -2.40. The fraction of sp³-hybridized carbons (Fsp3) is 0.529. The normalized spacial score (nSPS) is 16.3. The Morgan fingerprint density at radius 1 is 1.23 bits per heavy atom. The molecule has 22 heavy (non-hydrogen) atoms. The first-order valence-corrected chi connectivity index (χ1v) is 7.87. The van der Waals surface area contributed by atoms with Gasteiger partial charge in [0.05, 0.1) is 12.6 Å². The van der Waals surface area contributed by atoms with Gasteiger partial charge in [-0.25, -0.2) is 4.79 Å². The van der Waals surface area contributed by atoms with Crippen LogP contribution in [-0.2, 0) is 14.3 Å². The van der Waals surface area contributed by atoms with Crippen molar-refractivity contribution in [3.8, 4) is 0 Å². The molecule has 1 aliphatic rings. The van der Waals surface area contributed by atoms with Gasteiger partial charge in [0.15, 0.2) is 0 Å². The maximum atomic E-state index is 11.7. The first-order valence-electron chi connectivity index (χ1n) is 7.87. The van der Waals surface area contributed by atoms with Gasteiger partial charge in [-0.2, -0.15) is 0 Å². The SMILES string of the molecule is CCOC(=O)C(=O)NCC(c1ccc(C)cc1)N1CCCC1. The number of hydrogen-bond acceptors (Lipinski definition) is 4. The largest absolute Gasteiger partial charge is 0.459 e. The van der Waals surface area contributed by atoms with E-state index in [1.807, 2.05) is 0 Å². The van der Waals surface area contributed by atoms with Gasteiger partial charge in [0, 0.05) is 6.54 Å². The molecular weight excluding hydrogens is 280 g/mol. The van der Waals surface area contributed by atoms with Crippen molar-refractivity contribution < 1.29 is 14.3 Å². The minimum absolute atomic E-state index is 0.0986. The van der Waals surface area contributed by atoms with Crippen molar-refractivity contribution >= 4 is 11.9 Å². The van der Waals surface area contributed by atoms with Crippen molar-refractivity contribution in [2.45, 2.75) is 32.7 Å². The highest BCUT2D eigenvalue weighted by Crippen LogP contribution is 2.24. The summed E-state index contributed by atoms with van der Waals surface area (Å²) >= 11 is 0. The van der Waals surface area contributed by atoms with Crippen LogP contribution in [0, 0.1) is 6.92 Å². The van der Waals surface area contributed by atoms with Crippen LogP contribution in [0.1, 0.15) is 36.9 Å². The summed E-state index contributed by atoms with van der Waals surface area (Å²) < 4.78 is 4.72. The minimum Gasteiger partial charge on any atom is -0.459 e. The number of ether oxygens (including phenoxy) is 1. The van der Waals surface area contributed by atoms with E-state index in [0.29, 0.717) is 6.54 Å². The summed E-state index contributed by atoms with van der Waals surface area (Å²) in [6, 6.07) is 8.43. The summed E-state index contributed by atoms with van der Waals surface area (Å²) in [5.74, 6) is -1.48. The van der Waals surface area contributed by atoms with Gasteiger partial charge in [0.2, 0.25) is 0 Å². The van der Waals surface area contributed by atoms with E-state index in [2.05, 4.69) is 41.4 Å². The second-order valence-corrected chi connectivity index (χ2v) is 5.60. The third-order valence-corrected chi connectivity index (χ3v) is 3.96. The Morgan fingerprint density at radius 3 is 2.45 bits per heavy atom. The maximum absolute atomic E-state index is 11.7. The summed E-state index contributed by atoms with van der Waals surface area (Å²) in [4.78, 5) is 25.5. The fourth-order valence-corrected chi connectivity index (χ4v) is 2.76. The third kappa shape index (κ3) is 4.31. The smallest absolute Gasteiger partial charge is 0.396 e. The zero-order valence-corrected chi connectivity index (χ0v) is 13.3. The molecule has 1 atom stereocenters. The van der Waals surface area contributed by atoms with Gasteiger partial charge in [-0.15, -0.1) is 0 Å². The molecule has 2 rings (SSSR count). The summed E-state index contributed by atoms with van der Waals surface area (Å²) in [5, 5.41) is 2.70. The monoisotopic (exact) mass is 304 g/mol. The predicted molar refractivity (Wildman–Crippen MR) is 84.4 cm³/mol. The number of benzene rings is 1. The Balaban J connectivity index is 2.03. The van der Waals surface area contributed by atoms with E-state index >= 15 is 0 Å². The average Bonchev–Trinajstić information content (AvgIpc) is 3.03. The van der Waals surface area contributed by atoms with Gasteiger partial charge in [0.25, 0.3) is 0 Å². The van der Waals surface area contributed by atoms with Crippen LogP contribution >= 0.6 is 0 Å². The highest BCUT2D eigenvalue weighted by molar-refractivity contribution is 6.32. The van der Waals surface area contributed by atoms with E-state index in [-0.39, 0.29) is 12.6 Å². The van der Waals surface area contributed by atoms with E-state index in [9.17, 15) is 9.59 Å². The van der Waals surface area contributed by atoms with Crippen LogP contribution in [0.4, 0.5) is 0 Å². The van der Waals surface area contributed by atoms with Crippen LogP contribution in [0.5, 0.6) is 0 Å². The second kappa shape index (κ2) is 7.94. The van der Waals surface area contributed by atoms with Crippen molar-refractivity contribution in [3.05, 3.63) is 35.4 Å². The van der Waals surface area contributed by atoms with E-state index in [4.69, 9.17) is 4.74 Å². The highest BCUT2D eigenvalue weighted by atomic mass is 16.5. The molecule has 0 aliphatic carbocycles. The molecule has 1 fully saturated rings. The molecule has 0 saturated carbocycles. The molecule has 0 aromatic heterocycles. The molecule has 1 aromatic carbocycles. The molecule has 0 radical (unpaired) electrons. The summed E-state index contributed by atoms with van der Waals surface area (Å²) in [6.45, 7) is 6.41. The maximum Gasteiger partial charge on any atom is 0.396 e. The van der Waals surface area contributed by atoms with Crippen molar-refractivity contribution in [2.75, 3.05) is 26.2 Å². The number of amides is 1. The zero-order valence-electron chi connectivity index (χ0n) is 13.3. The fourth-order valence-electron chi connectivity index (χ4n) is 2.76. The Kier molecular flexibility index (Phi) is 5.95. The highest BCUT2D eigenvalue weighted by Gasteiger charge is 2.25. The summed E-state index contributed by atoms with van der Waals surface area (Å²) in [7, 11) is 0. The first kappa shape index (κ1) is 16.5. The molecule has 5 nitrogen and oxygen atoms in total. The Labute approximate surface area is 131 Å². The second-order valence-electron chi connectivity index (χ2n) is 5.60. The van der Waals surface area contributed by atoms with Crippen LogP contribution in [0.25, 0.3) is 0 Å². The number of carbonyl (C=O) groups is 2. The molecule has 1 saturated heterocycles. The topological polar surface area (TPSA) is 58.6 Å². The van der Waals surface area contributed by atoms with E-state index < -0.39 is 11.9 Å². The molecular formula is C17H24N2O3. The molecule has 5 heteroatoms.